The molecule has 0 amide bonds. The van der Waals surface area contributed by atoms with Crippen LogP contribution in [0.1, 0.15) is 10.4 Å². The molecule has 1 heterocycles. The first-order chi connectivity index (χ1) is 10.5. The van der Waals surface area contributed by atoms with Crippen LogP contribution in [0.2, 0.25) is 0 Å². The quantitative estimate of drug-likeness (QED) is 0.587. The molecule has 0 aliphatic carbocycles. The molecule has 3 aromatic rings. The lowest BCUT2D eigenvalue weighted by Crippen LogP contribution is -2.02. The molecule has 8 heteroatoms. The first-order valence-electron chi connectivity index (χ1n) is 6.04. The Balaban J connectivity index is 2.16. The van der Waals surface area contributed by atoms with Crippen molar-refractivity contribution in [1.29, 1.82) is 0 Å². The molecule has 3 rings (SSSR count). The fraction of sp³-hybridized carbons (Fsp3) is 0. The Kier molecular flexibility index (Phi) is 3.30. The number of aromatic carboxylic acids is 1. The molecule has 0 atom stereocenters. The lowest BCUT2D eigenvalue weighted by molar-refractivity contribution is -0.385. The lowest BCUT2D eigenvalue weighted by Gasteiger charge is -2.00. The number of carbonyl (C=O) groups is 1. The van der Waals surface area contributed by atoms with Gasteiger partial charge in [0, 0.05) is 11.6 Å². The number of fused-ring (bicyclic) bond motifs is 1. The number of benzene rings is 2. The van der Waals surface area contributed by atoms with Crippen LogP contribution in [0.15, 0.2) is 36.4 Å². The molecule has 6 nitrogen and oxygen atoms in total. The van der Waals surface area contributed by atoms with E-state index in [1.165, 1.54) is 41.7 Å². The van der Waals surface area contributed by atoms with Crippen LogP contribution in [0.5, 0.6) is 0 Å². The molecular weight excluding hydrogens is 311 g/mol. The maximum absolute atomic E-state index is 13.2. The summed E-state index contributed by atoms with van der Waals surface area (Å²) in [6.07, 6.45) is 0. The fourth-order valence-electron chi connectivity index (χ4n) is 2.02. The Morgan fingerprint density at radius 2 is 2.05 bits per heavy atom. The summed E-state index contributed by atoms with van der Waals surface area (Å²) in [5, 5.41) is 20.4. The zero-order chi connectivity index (χ0) is 15.9. The molecule has 0 bridgehead atoms. The predicted octanol–water partition coefficient (Wildman–Crippen LogP) is 3.71. The van der Waals surface area contributed by atoms with Crippen molar-refractivity contribution >= 4 is 33.2 Å². The van der Waals surface area contributed by atoms with E-state index < -0.39 is 22.4 Å². The number of hydrogen-bond acceptors (Lipinski definition) is 5. The third-order valence-corrected chi connectivity index (χ3v) is 4.09. The number of nitrogens with zero attached hydrogens (tertiary/aromatic N) is 2. The average Bonchev–Trinajstić information content (AvgIpc) is 2.89. The van der Waals surface area contributed by atoms with E-state index in [4.69, 9.17) is 5.11 Å². The molecule has 0 saturated carbocycles. The van der Waals surface area contributed by atoms with Gasteiger partial charge in [-0.25, -0.2) is 14.2 Å². The second kappa shape index (κ2) is 5.15. The number of nitro groups is 1. The largest absolute Gasteiger partial charge is 0.477 e. The number of rotatable bonds is 3. The van der Waals surface area contributed by atoms with Crippen molar-refractivity contribution in [2.75, 3.05) is 0 Å². The van der Waals surface area contributed by atoms with Crippen LogP contribution in [-0.4, -0.2) is 21.0 Å². The summed E-state index contributed by atoms with van der Waals surface area (Å²) in [6, 6.07) is 7.91. The summed E-state index contributed by atoms with van der Waals surface area (Å²) < 4.78 is 13.8. The average molecular weight is 318 g/mol. The van der Waals surface area contributed by atoms with Gasteiger partial charge in [0.1, 0.15) is 16.4 Å². The van der Waals surface area contributed by atoms with Gasteiger partial charge in [-0.3, -0.25) is 10.1 Å². The van der Waals surface area contributed by atoms with E-state index in [1.54, 1.807) is 0 Å². The SMILES string of the molecule is O=C(O)c1ccc(-c2nc3ccc(F)cc3s2)cc1[N+](=O)[O-]. The van der Waals surface area contributed by atoms with Gasteiger partial charge in [-0.05, 0) is 24.3 Å². The number of aromatic nitrogens is 1. The zero-order valence-electron chi connectivity index (χ0n) is 10.8. The first-order valence-corrected chi connectivity index (χ1v) is 6.85. The highest BCUT2D eigenvalue weighted by molar-refractivity contribution is 7.21. The van der Waals surface area contributed by atoms with Gasteiger partial charge in [0.15, 0.2) is 0 Å². The number of hydrogen-bond donors (Lipinski definition) is 1. The van der Waals surface area contributed by atoms with Gasteiger partial charge in [0.05, 0.1) is 15.1 Å². The van der Waals surface area contributed by atoms with Gasteiger partial charge in [0.25, 0.3) is 5.69 Å². The third kappa shape index (κ3) is 2.40. The van der Waals surface area contributed by atoms with Gasteiger partial charge in [-0.2, -0.15) is 0 Å². The minimum atomic E-state index is -1.37. The van der Waals surface area contributed by atoms with Crippen LogP contribution in [0, 0.1) is 15.9 Å². The van der Waals surface area contributed by atoms with Crippen molar-refractivity contribution in [1.82, 2.24) is 4.98 Å². The van der Waals surface area contributed by atoms with Crippen LogP contribution < -0.4 is 0 Å². The Morgan fingerprint density at radius 1 is 1.27 bits per heavy atom. The van der Waals surface area contributed by atoms with Gasteiger partial charge in [-0.15, -0.1) is 11.3 Å². The smallest absolute Gasteiger partial charge is 0.342 e. The van der Waals surface area contributed by atoms with Crippen LogP contribution in [0.3, 0.4) is 0 Å². The van der Waals surface area contributed by atoms with Gasteiger partial charge < -0.3 is 5.11 Å². The number of thiazole rings is 1. The number of carboxylic acids is 1. The Morgan fingerprint density at radius 3 is 2.73 bits per heavy atom. The summed E-state index contributed by atoms with van der Waals surface area (Å²) in [7, 11) is 0. The van der Waals surface area contributed by atoms with Gasteiger partial charge in [0.2, 0.25) is 0 Å². The van der Waals surface area contributed by atoms with Crippen molar-refractivity contribution in [3.63, 3.8) is 0 Å². The molecule has 0 spiro atoms. The molecule has 0 saturated heterocycles. The Hall–Kier alpha value is -2.87. The normalized spacial score (nSPS) is 10.8. The third-order valence-electron chi connectivity index (χ3n) is 3.02. The molecule has 0 unspecified atom stereocenters. The maximum Gasteiger partial charge on any atom is 0.342 e. The van der Waals surface area contributed by atoms with Crippen LogP contribution in [0.4, 0.5) is 10.1 Å². The molecule has 0 aliphatic rings. The van der Waals surface area contributed by atoms with Crippen molar-refractivity contribution in [3.05, 3.63) is 57.9 Å². The Bertz CT molecular complexity index is 922. The second-order valence-corrected chi connectivity index (χ2v) is 5.46. The van der Waals surface area contributed by atoms with E-state index >= 15 is 0 Å². The predicted molar refractivity (Wildman–Crippen MR) is 78.6 cm³/mol. The molecule has 0 radical (unpaired) electrons. The minimum Gasteiger partial charge on any atom is -0.477 e. The molecule has 2 aromatic carbocycles. The van der Waals surface area contributed by atoms with E-state index in [9.17, 15) is 19.3 Å². The number of nitro benzene ring substituents is 1. The molecule has 22 heavy (non-hydrogen) atoms. The van der Waals surface area contributed by atoms with E-state index in [1.807, 2.05) is 0 Å². The van der Waals surface area contributed by atoms with Crippen molar-refractivity contribution in [2.24, 2.45) is 0 Å². The van der Waals surface area contributed by atoms with E-state index in [-0.39, 0.29) is 5.56 Å². The molecule has 1 N–H and O–H groups in total. The highest BCUT2D eigenvalue weighted by Crippen LogP contribution is 2.33. The van der Waals surface area contributed by atoms with Crippen LogP contribution >= 0.6 is 11.3 Å². The zero-order valence-corrected chi connectivity index (χ0v) is 11.6. The molecule has 1 aromatic heterocycles. The summed E-state index contributed by atoms with van der Waals surface area (Å²) in [5.41, 5.74) is 0.0982. The first kappa shape index (κ1) is 14.1. The highest BCUT2D eigenvalue weighted by atomic mass is 32.1. The molecular formula is C14H7FN2O4S. The maximum atomic E-state index is 13.2. The molecule has 0 fully saturated rings. The summed E-state index contributed by atoms with van der Waals surface area (Å²) in [6.45, 7) is 0. The fourth-order valence-corrected chi connectivity index (χ4v) is 3.01. The summed E-state index contributed by atoms with van der Waals surface area (Å²) in [4.78, 5) is 25.5. The van der Waals surface area contributed by atoms with E-state index in [0.717, 1.165) is 6.07 Å². The summed E-state index contributed by atoms with van der Waals surface area (Å²) in [5.74, 6) is -1.76. The van der Waals surface area contributed by atoms with Gasteiger partial charge >= 0.3 is 5.97 Å². The van der Waals surface area contributed by atoms with Crippen molar-refractivity contribution in [2.45, 2.75) is 0 Å². The second-order valence-electron chi connectivity index (χ2n) is 4.43. The molecule has 110 valence electrons. The van der Waals surface area contributed by atoms with Crippen molar-refractivity contribution in [3.8, 4) is 10.6 Å². The Labute approximate surface area is 126 Å². The minimum absolute atomic E-state index is 0.388. The molecule has 0 aliphatic heterocycles. The summed E-state index contributed by atoms with van der Waals surface area (Å²) >= 11 is 1.18. The highest BCUT2D eigenvalue weighted by Gasteiger charge is 2.21. The monoisotopic (exact) mass is 318 g/mol. The number of carboxylic acid groups (broad SMARTS) is 1. The van der Waals surface area contributed by atoms with E-state index in [2.05, 4.69) is 4.98 Å². The van der Waals surface area contributed by atoms with E-state index in [0.29, 0.717) is 20.8 Å². The van der Waals surface area contributed by atoms with Gasteiger partial charge in [-0.1, -0.05) is 6.07 Å². The van der Waals surface area contributed by atoms with Crippen molar-refractivity contribution < 1.29 is 19.2 Å². The lowest BCUT2D eigenvalue weighted by atomic mass is 10.1. The standard InChI is InChI=1S/C14H7FN2O4S/c15-8-2-4-10-12(6-8)22-13(16-10)7-1-3-9(14(18)19)11(5-7)17(20)21/h1-6H,(H,18,19). The topological polar surface area (TPSA) is 93.3 Å². The van der Waals surface area contributed by atoms with Crippen LogP contribution in [0.25, 0.3) is 20.8 Å². The van der Waals surface area contributed by atoms with Crippen LogP contribution in [-0.2, 0) is 0 Å². The number of halogens is 1.